The van der Waals surface area contributed by atoms with Gasteiger partial charge in [0.25, 0.3) is 11.1 Å². The van der Waals surface area contributed by atoms with Crippen LogP contribution in [-0.4, -0.2) is 11.1 Å². The molecule has 19 heavy (non-hydrogen) atoms. The number of thioether (sulfide) groups is 1. The van der Waals surface area contributed by atoms with Crippen LogP contribution in [0.3, 0.4) is 0 Å². The van der Waals surface area contributed by atoms with Crippen LogP contribution >= 0.6 is 23.4 Å². The number of imide groups is 1. The minimum Gasteiger partial charge on any atom is -0.283 e. The summed E-state index contributed by atoms with van der Waals surface area (Å²) in [7, 11) is 0. The minimum atomic E-state index is -0.420. The molecule has 1 N–H and O–H groups in total. The maximum absolute atomic E-state index is 11.7. The van der Waals surface area contributed by atoms with E-state index in [1.165, 1.54) is 0 Å². The Morgan fingerprint density at radius 3 is 2.21 bits per heavy atom. The normalized spacial score (nSPS) is 9.95. The number of halogens is 1. The fourth-order valence-corrected chi connectivity index (χ4v) is 2.15. The number of hydrogen-bond acceptors (Lipinski definition) is 3. The van der Waals surface area contributed by atoms with E-state index in [0.717, 1.165) is 16.7 Å². The second-order valence-electron chi connectivity index (χ2n) is 3.66. The first-order valence-electron chi connectivity index (χ1n) is 5.49. The standard InChI is InChI=1S/C14H10ClNO2S/c15-11-6-8-12(9-7-11)19-14(18)16-13(17)10-4-2-1-3-5-10/h1-9H,(H,16,17,18). The van der Waals surface area contributed by atoms with E-state index in [9.17, 15) is 9.59 Å². The van der Waals surface area contributed by atoms with Gasteiger partial charge >= 0.3 is 0 Å². The third-order valence-corrected chi connectivity index (χ3v) is 3.32. The van der Waals surface area contributed by atoms with Crippen molar-refractivity contribution in [3.05, 3.63) is 65.2 Å². The molecule has 0 fully saturated rings. The quantitative estimate of drug-likeness (QED) is 0.851. The largest absolute Gasteiger partial charge is 0.290 e. The lowest BCUT2D eigenvalue weighted by atomic mass is 10.2. The van der Waals surface area contributed by atoms with Crippen molar-refractivity contribution in [2.45, 2.75) is 4.90 Å². The van der Waals surface area contributed by atoms with E-state index in [0.29, 0.717) is 10.6 Å². The molecule has 0 aliphatic heterocycles. The number of amides is 2. The van der Waals surface area contributed by atoms with Crippen LogP contribution in [0.25, 0.3) is 0 Å². The van der Waals surface area contributed by atoms with Crippen LogP contribution in [0.1, 0.15) is 10.4 Å². The van der Waals surface area contributed by atoms with Crippen LogP contribution < -0.4 is 5.32 Å². The molecular formula is C14H10ClNO2S. The summed E-state index contributed by atoms with van der Waals surface area (Å²) in [6.07, 6.45) is 0. The van der Waals surface area contributed by atoms with Crippen molar-refractivity contribution in [1.29, 1.82) is 0 Å². The molecule has 96 valence electrons. The Hall–Kier alpha value is -1.78. The van der Waals surface area contributed by atoms with Crippen LogP contribution in [0.5, 0.6) is 0 Å². The molecule has 0 heterocycles. The zero-order valence-corrected chi connectivity index (χ0v) is 11.4. The topological polar surface area (TPSA) is 46.2 Å². The Kier molecular flexibility index (Phi) is 4.60. The molecule has 0 aliphatic rings. The van der Waals surface area contributed by atoms with Crippen molar-refractivity contribution in [3.8, 4) is 0 Å². The van der Waals surface area contributed by atoms with E-state index in [-0.39, 0.29) is 0 Å². The van der Waals surface area contributed by atoms with Crippen molar-refractivity contribution < 1.29 is 9.59 Å². The van der Waals surface area contributed by atoms with E-state index in [1.54, 1.807) is 54.6 Å². The molecule has 0 saturated carbocycles. The second kappa shape index (κ2) is 6.41. The molecule has 0 atom stereocenters. The molecular weight excluding hydrogens is 282 g/mol. The highest BCUT2D eigenvalue weighted by molar-refractivity contribution is 8.13. The molecule has 0 unspecified atom stereocenters. The van der Waals surface area contributed by atoms with Crippen LogP contribution in [0.4, 0.5) is 4.79 Å². The van der Waals surface area contributed by atoms with Gasteiger partial charge in [0.1, 0.15) is 0 Å². The Balaban J connectivity index is 1.95. The Morgan fingerprint density at radius 2 is 1.58 bits per heavy atom. The van der Waals surface area contributed by atoms with Crippen LogP contribution in [-0.2, 0) is 0 Å². The average Bonchev–Trinajstić information content (AvgIpc) is 2.42. The first kappa shape index (κ1) is 13.6. The molecule has 2 amide bonds. The van der Waals surface area contributed by atoms with E-state index >= 15 is 0 Å². The van der Waals surface area contributed by atoms with Gasteiger partial charge < -0.3 is 0 Å². The molecule has 2 aromatic carbocycles. The van der Waals surface area contributed by atoms with Crippen LogP contribution in [0, 0.1) is 0 Å². The van der Waals surface area contributed by atoms with Crippen molar-refractivity contribution in [2.75, 3.05) is 0 Å². The third-order valence-electron chi connectivity index (χ3n) is 2.28. The molecule has 0 aromatic heterocycles. The maximum atomic E-state index is 11.7. The summed E-state index contributed by atoms with van der Waals surface area (Å²) >= 11 is 6.69. The Labute approximate surface area is 120 Å². The monoisotopic (exact) mass is 291 g/mol. The lowest BCUT2D eigenvalue weighted by Crippen LogP contribution is -2.26. The van der Waals surface area contributed by atoms with Crippen molar-refractivity contribution in [1.82, 2.24) is 5.32 Å². The fourth-order valence-electron chi connectivity index (χ4n) is 1.39. The van der Waals surface area contributed by atoms with Crippen molar-refractivity contribution in [3.63, 3.8) is 0 Å². The molecule has 2 rings (SSSR count). The predicted octanol–water partition coefficient (Wildman–Crippen LogP) is 3.98. The molecule has 5 heteroatoms. The highest BCUT2D eigenvalue weighted by Gasteiger charge is 2.10. The van der Waals surface area contributed by atoms with Crippen molar-refractivity contribution in [2.24, 2.45) is 0 Å². The maximum Gasteiger partial charge on any atom is 0.290 e. The number of benzene rings is 2. The van der Waals surface area contributed by atoms with Gasteiger partial charge in [0.05, 0.1) is 0 Å². The Bertz CT molecular complexity index is 584. The summed E-state index contributed by atoms with van der Waals surface area (Å²) in [6.45, 7) is 0. The summed E-state index contributed by atoms with van der Waals surface area (Å²) in [6, 6.07) is 15.4. The predicted molar refractivity (Wildman–Crippen MR) is 76.6 cm³/mol. The van der Waals surface area contributed by atoms with Gasteiger partial charge in [-0.1, -0.05) is 29.8 Å². The summed E-state index contributed by atoms with van der Waals surface area (Å²) in [5, 5.41) is 2.49. The lowest BCUT2D eigenvalue weighted by Gasteiger charge is -2.03. The summed E-state index contributed by atoms with van der Waals surface area (Å²) in [5.74, 6) is -0.410. The minimum absolute atomic E-state index is 0.410. The van der Waals surface area contributed by atoms with Gasteiger partial charge in [0, 0.05) is 15.5 Å². The highest BCUT2D eigenvalue weighted by Crippen LogP contribution is 2.20. The average molecular weight is 292 g/mol. The number of carbonyl (C=O) groups is 2. The smallest absolute Gasteiger partial charge is 0.283 e. The Morgan fingerprint density at radius 1 is 0.947 bits per heavy atom. The summed E-state index contributed by atoms with van der Waals surface area (Å²) in [4.78, 5) is 24.1. The van der Waals surface area contributed by atoms with Gasteiger partial charge in [0.15, 0.2) is 0 Å². The number of carbonyl (C=O) groups excluding carboxylic acids is 2. The van der Waals surface area contributed by atoms with Gasteiger partial charge in [-0.3, -0.25) is 14.9 Å². The third kappa shape index (κ3) is 4.12. The van der Waals surface area contributed by atoms with Crippen molar-refractivity contribution >= 4 is 34.5 Å². The van der Waals surface area contributed by atoms with Gasteiger partial charge in [-0.15, -0.1) is 0 Å². The number of nitrogens with one attached hydrogen (secondary N) is 1. The van der Waals surface area contributed by atoms with Crippen LogP contribution in [0.2, 0.25) is 5.02 Å². The number of rotatable bonds is 2. The highest BCUT2D eigenvalue weighted by atomic mass is 35.5. The van der Waals surface area contributed by atoms with Gasteiger partial charge in [0.2, 0.25) is 0 Å². The van der Waals surface area contributed by atoms with E-state index in [1.807, 2.05) is 0 Å². The van der Waals surface area contributed by atoms with Gasteiger partial charge in [-0.05, 0) is 48.2 Å². The van der Waals surface area contributed by atoms with E-state index in [4.69, 9.17) is 11.6 Å². The molecule has 3 nitrogen and oxygen atoms in total. The second-order valence-corrected chi connectivity index (χ2v) is 5.15. The summed E-state index contributed by atoms with van der Waals surface area (Å²) < 4.78 is 0. The zero-order valence-electron chi connectivity index (χ0n) is 9.80. The molecule has 0 aliphatic carbocycles. The lowest BCUT2D eigenvalue weighted by molar-refractivity contribution is 0.0969. The van der Waals surface area contributed by atoms with E-state index < -0.39 is 11.1 Å². The first-order chi connectivity index (χ1) is 9.15. The molecule has 0 spiro atoms. The van der Waals surface area contributed by atoms with Gasteiger partial charge in [-0.25, -0.2) is 0 Å². The summed E-state index contributed by atoms with van der Waals surface area (Å²) in [5.41, 5.74) is 0.451. The molecule has 0 radical (unpaired) electrons. The first-order valence-corrected chi connectivity index (χ1v) is 6.68. The molecule has 2 aromatic rings. The SMILES string of the molecule is O=C(NC(=O)c1ccccc1)Sc1ccc(Cl)cc1. The molecule has 0 bridgehead atoms. The fraction of sp³-hybridized carbons (Fsp3) is 0. The van der Waals surface area contributed by atoms with Crippen LogP contribution in [0.15, 0.2) is 59.5 Å². The van der Waals surface area contributed by atoms with Gasteiger partial charge in [-0.2, -0.15) is 0 Å². The van der Waals surface area contributed by atoms with E-state index in [2.05, 4.69) is 5.32 Å². The number of hydrogen-bond donors (Lipinski definition) is 1. The zero-order chi connectivity index (χ0) is 13.7. The molecule has 0 saturated heterocycles.